The molecule has 5 atom stereocenters. The van der Waals surface area contributed by atoms with Crippen LogP contribution in [0.25, 0.3) is 0 Å². The largest absolute Gasteiger partial charge is 0.390 e. The van der Waals surface area contributed by atoms with Crippen LogP contribution in [0.1, 0.15) is 59.8 Å². The Morgan fingerprint density at radius 3 is 2.38 bits per heavy atom. The first-order chi connectivity index (χ1) is 7.31. The summed E-state index contributed by atoms with van der Waals surface area (Å²) in [4.78, 5) is 0. The van der Waals surface area contributed by atoms with E-state index in [0.717, 1.165) is 18.3 Å². The van der Waals surface area contributed by atoms with Crippen LogP contribution in [0.3, 0.4) is 0 Å². The molecule has 0 aromatic carbocycles. The number of rotatable bonds is 0. The van der Waals surface area contributed by atoms with Gasteiger partial charge in [-0.3, -0.25) is 0 Å². The lowest BCUT2D eigenvalue weighted by Crippen LogP contribution is -2.44. The van der Waals surface area contributed by atoms with Crippen LogP contribution in [0.2, 0.25) is 0 Å². The average molecular weight is 222 g/mol. The van der Waals surface area contributed by atoms with Gasteiger partial charge in [-0.2, -0.15) is 0 Å². The zero-order valence-electron chi connectivity index (χ0n) is 11.2. The lowest BCUT2D eigenvalue weighted by atomic mass is 9.64. The highest BCUT2D eigenvalue weighted by Crippen LogP contribution is 2.73. The Hall–Kier alpha value is -0.0400. The standard InChI is InChI=1S/C15H26O/c1-10-5-6-11-13(2,3)12-9-15(10,11)8-7-14(12,4)16/h10-12,16H,5-9H2,1-4H3/t10-,11-,12-,14+,15+/m0/s1. The highest BCUT2D eigenvalue weighted by molar-refractivity contribution is 5.16. The van der Waals surface area contributed by atoms with E-state index in [2.05, 4.69) is 27.7 Å². The molecule has 0 aromatic heterocycles. The number of hydrogen-bond acceptors (Lipinski definition) is 1. The predicted octanol–water partition coefficient (Wildman–Crippen LogP) is 3.61. The second-order valence-corrected chi connectivity index (χ2v) is 7.70. The summed E-state index contributed by atoms with van der Waals surface area (Å²) >= 11 is 0. The maximum Gasteiger partial charge on any atom is 0.0653 e. The summed E-state index contributed by atoms with van der Waals surface area (Å²) in [6, 6.07) is 0. The fourth-order valence-corrected chi connectivity index (χ4v) is 5.88. The van der Waals surface area contributed by atoms with Crippen LogP contribution in [-0.4, -0.2) is 10.7 Å². The maximum absolute atomic E-state index is 10.6. The third-order valence-electron chi connectivity index (χ3n) is 6.79. The molecule has 0 radical (unpaired) electrons. The van der Waals surface area contributed by atoms with Crippen molar-refractivity contribution in [2.45, 2.75) is 65.4 Å². The van der Waals surface area contributed by atoms with Gasteiger partial charge in [-0.05, 0) is 67.6 Å². The van der Waals surface area contributed by atoms with Crippen molar-refractivity contribution in [2.24, 2.45) is 28.6 Å². The van der Waals surface area contributed by atoms with Crippen molar-refractivity contribution in [3.63, 3.8) is 0 Å². The predicted molar refractivity (Wildman–Crippen MR) is 66.1 cm³/mol. The Kier molecular flexibility index (Phi) is 1.98. The maximum atomic E-state index is 10.6. The molecule has 3 saturated carbocycles. The first kappa shape index (κ1) is 11.1. The molecule has 1 heteroatoms. The monoisotopic (exact) mass is 222 g/mol. The quantitative estimate of drug-likeness (QED) is 0.664. The summed E-state index contributed by atoms with van der Waals surface area (Å²) < 4.78 is 0. The topological polar surface area (TPSA) is 20.2 Å². The summed E-state index contributed by atoms with van der Waals surface area (Å²) in [5.41, 5.74) is 0.542. The summed E-state index contributed by atoms with van der Waals surface area (Å²) in [5.74, 6) is 2.29. The normalized spacial score (nSPS) is 58.7. The molecule has 3 rings (SSSR count). The van der Waals surface area contributed by atoms with E-state index in [9.17, 15) is 5.11 Å². The van der Waals surface area contributed by atoms with Crippen LogP contribution in [-0.2, 0) is 0 Å². The van der Waals surface area contributed by atoms with Crippen molar-refractivity contribution in [3.05, 3.63) is 0 Å². The van der Waals surface area contributed by atoms with Crippen LogP contribution in [0.4, 0.5) is 0 Å². The SMILES string of the molecule is C[C@H]1CC[C@H]2C(C)(C)[C@@H]3C[C@]12CC[C@@]3(C)O. The van der Waals surface area contributed by atoms with Gasteiger partial charge >= 0.3 is 0 Å². The van der Waals surface area contributed by atoms with Gasteiger partial charge in [0, 0.05) is 0 Å². The Morgan fingerprint density at radius 1 is 1.00 bits per heavy atom. The van der Waals surface area contributed by atoms with Gasteiger partial charge in [0.2, 0.25) is 0 Å². The number of fused-ring (bicyclic) bond motifs is 1. The molecule has 3 aliphatic carbocycles. The molecular formula is C15H26O. The summed E-state index contributed by atoms with van der Waals surface area (Å²) in [6.07, 6.45) is 6.41. The fourth-order valence-electron chi connectivity index (χ4n) is 5.88. The molecule has 0 saturated heterocycles. The van der Waals surface area contributed by atoms with E-state index >= 15 is 0 Å². The molecule has 92 valence electrons. The lowest BCUT2D eigenvalue weighted by molar-refractivity contribution is -0.0717. The zero-order chi connectivity index (χ0) is 11.8. The molecule has 0 amide bonds. The lowest BCUT2D eigenvalue weighted by Gasteiger charge is -2.44. The minimum absolute atomic E-state index is 0.352. The molecule has 1 N–H and O–H groups in total. The van der Waals surface area contributed by atoms with Crippen LogP contribution >= 0.6 is 0 Å². The Morgan fingerprint density at radius 2 is 1.69 bits per heavy atom. The molecule has 3 aliphatic rings. The van der Waals surface area contributed by atoms with Gasteiger partial charge < -0.3 is 5.11 Å². The van der Waals surface area contributed by atoms with Crippen LogP contribution in [0, 0.1) is 28.6 Å². The van der Waals surface area contributed by atoms with E-state index in [0.29, 0.717) is 16.7 Å². The van der Waals surface area contributed by atoms with Crippen LogP contribution < -0.4 is 0 Å². The molecule has 2 bridgehead atoms. The smallest absolute Gasteiger partial charge is 0.0653 e. The van der Waals surface area contributed by atoms with Crippen molar-refractivity contribution >= 4 is 0 Å². The fraction of sp³-hybridized carbons (Fsp3) is 1.00. The van der Waals surface area contributed by atoms with E-state index in [-0.39, 0.29) is 0 Å². The zero-order valence-corrected chi connectivity index (χ0v) is 11.2. The van der Waals surface area contributed by atoms with Crippen molar-refractivity contribution < 1.29 is 5.11 Å². The molecule has 3 fully saturated rings. The van der Waals surface area contributed by atoms with E-state index in [1.54, 1.807) is 0 Å². The highest BCUT2D eigenvalue weighted by Gasteiger charge is 2.67. The van der Waals surface area contributed by atoms with Gasteiger partial charge in [-0.1, -0.05) is 20.8 Å². The van der Waals surface area contributed by atoms with Gasteiger partial charge in [0.1, 0.15) is 0 Å². The molecule has 0 aliphatic heterocycles. The van der Waals surface area contributed by atoms with Gasteiger partial charge in [0.05, 0.1) is 5.60 Å². The Bertz CT molecular complexity index is 313. The van der Waals surface area contributed by atoms with E-state index in [1.165, 1.54) is 25.7 Å². The van der Waals surface area contributed by atoms with Gasteiger partial charge in [0.15, 0.2) is 0 Å². The minimum atomic E-state index is -0.404. The first-order valence-electron chi connectivity index (χ1n) is 7.03. The summed E-state index contributed by atoms with van der Waals surface area (Å²) in [5, 5.41) is 10.6. The van der Waals surface area contributed by atoms with Crippen molar-refractivity contribution in [3.8, 4) is 0 Å². The molecule has 0 aromatic rings. The van der Waals surface area contributed by atoms with Crippen LogP contribution in [0.5, 0.6) is 0 Å². The second kappa shape index (κ2) is 2.85. The second-order valence-electron chi connectivity index (χ2n) is 7.70. The van der Waals surface area contributed by atoms with E-state index in [1.807, 2.05) is 0 Å². The minimum Gasteiger partial charge on any atom is -0.390 e. The summed E-state index contributed by atoms with van der Waals surface area (Å²) in [7, 11) is 0. The van der Waals surface area contributed by atoms with Gasteiger partial charge in [-0.25, -0.2) is 0 Å². The van der Waals surface area contributed by atoms with Gasteiger partial charge in [-0.15, -0.1) is 0 Å². The average Bonchev–Trinajstić information content (AvgIpc) is 2.58. The molecular weight excluding hydrogens is 196 g/mol. The van der Waals surface area contributed by atoms with Crippen molar-refractivity contribution in [2.75, 3.05) is 0 Å². The number of hydrogen-bond donors (Lipinski definition) is 1. The molecule has 1 spiro atoms. The van der Waals surface area contributed by atoms with Crippen LogP contribution in [0.15, 0.2) is 0 Å². The summed E-state index contributed by atoms with van der Waals surface area (Å²) in [6.45, 7) is 9.38. The highest BCUT2D eigenvalue weighted by atomic mass is 16.3. The van der Waals surface area contributed by atoms with E-state index < -0.39 is 5.60 Å². The Balaban J connectivity index is 2.07. The van der Waals surface area contributed by atoms with Crippen molar-refractivity contribution in [1.29, 1.82) is 0 Å². The molecule has 1 nitrogen and oxygen atoms in total. The Labute approximate surface area is 99.6 Å². The molecule has 0 heterocycles. The number of aliphatic hydroxyl groups is 1. The van der Waals surface area contributed by atoms with E-state index in [4.69, 9.17) is 0 Å². The third-order valence-corrected chi connectivity index (χ3v) is 6.79. The molecule has 16 heavy (non-hydrogen) atoms. The van der Waals surface area contributed by atoms with Gasteiger partial charge in [0.25, 0.3) is 0 Å². The molecule has 0 unspecified atom stereocenters. The third kappa shape index (κ3) is 1.06. The first-order valence-corrected chi connectivity index (χ1v) is 7.03. The van der Waals surface area contributed by atoms with Crippen molar-refractivity contribution in [1.82, 2.24) is 0 Å².